The number of carbonyl (C=O) groups excluding carboxylic acids is 2. The fourth-order valence-electron chi connectivity index (χ4n) is 4.49. The molecule has 1 atom stereocenters. The van der Waals surface area contributed by atoms with Crippen LogP contribution in [0.1, 0.15) is 47.8 Å². The standard InChI is InChI=1S/C24H31N5O3/c1-16-7-5-6-11-28(16)15-22(30)29-12-10-19-17(14-29)13-18(23(25)26-19)24(31)27-20-8-3-4-9-21(20)32-2/h3-4,8-9,13,16H,5-7,10-12,14-15H2,1-2H3,(H2,25,26)(H,27,31)/t16-/m0/s1. The highest BCUT2D eigenvalue weighted by Gasteiger charge is 2.27. The number of methoxy groups -OCH3 is 1. The molecule has 32 heavy (non-hydrogen) atoms. The number of aromatic nitrogens is 1. The largest absolute Gasteiger partial charge is 0.495 e. The fraction of sp³-hybridized carbons (Fsp3) is 0.458. The maximum atomic E-state index is 13.0. The van der Waals surface area contributed by atoms with E-state index in [-0.39, 0.29) is 17.6 Å². The van der Waals surface area contributed by atoms with Gasteiger partial charge in [0.05, 0.1) is 24.9 Å². The molecule has 1 fully saturated rings. The summed E-state index contributed by atoms with van der Waals surface area (Å²) in [5, 5.41) is 2.85. The summed E-state index contributed by atoms with van der Waals surface area (Å²) in [5.74, 6) is 0.529. The molecular weight excluding hydrogens is 406 g/mol. The highest BCUT2D eigenvalue weighted by atomic mass is 16.5. The van der Waals surface area contributed by atoms with Gasteiger partial charge < -0.3 is 20.7 Å². The molecule has 1 saturated heterocycles. The van der Waals surface area contributed by atoms with Crippen molar-refractivity contribution >= 4 is 23.3 Å². The number of carbonyl (C=O) groups is 2. The summed E-state index contributed by atoms with van der Waals surface area (Å²) in [4.78, 5) is 34.5. The van der Waals surface area contributed by atoms with Crippen LogP contribution in [0.15, 0.2) is 30.3 Å². The highest BCUT2D eigenvalue weighted by Crippen LogP contribution is 2.26. The molecule has 2 aliphatic heterocycles. The first-order valence-corrected chi connectivity index (χ1v) is 11.2. The van der Waals surface area contributed by atoms with Crippen molar-refractivity contribution in [3.8, 4) is 5.75 Å². The van der Waals surface area contributed by atoms with Crippen molar-refractivity contribution in [3.63, 3.8) is 0 Å². The molecule has 0 bridgehead atoms. The lowest BCUT2D eigenvalue weighted by Crippen LogP contribution is -2.47. The SMILES string of the molecule is COc1ccccc1NC(=O)c1cc2c(nc1N)CCN(C(=O)CN1CCCC[C@@H]1C)C2. The summed E-state index contributed by atoms with van der Waals surface area (Å²) in [6.07, 6.45) is 4.16. The van der Waals surface area contributed by atoms with Crippen molar-refractivity contribution in [1.29, 1.82) is 0 Å². The van der Waals surface area contributed by atoms with Crippen molar-refractivity contribution in [1.82, 2.24) is 14.8 Å². The third kappa shape index (κ3) is 4.70. The minimum Gasteiger partial charge on any atom is -0.495 e. The van der Waals surface area contributed by atoms with Crippen LogP contribution >= 0.6 is 0 Å². The van der Waals surface area contributed by atoms with Crippen LogP contribution in [-0.2, 0) is 17.8 Å². The first-order valence-electron chi connectivity index (χ1n) is 11.2. The van der Waals surface area contributed by atoms with Gasteiger partial charge in [0.25, 0.3) is 5.91 Å². The normalized spacial score (nSPS) is 18.7. The Morgan fingerprint density at radius 2 is 2.06 bits per heavy atom. The number of ether oxygens (including phenoxy) is 1. The Bertz CT molecular complexity index is 1010. The molecule has 0 spiro atoms. The lowest BCUT2D eigenvalue weighted by atomic mass is 10.0. The molecule has 0 saturated carbocycles. The molecule has 0 aliphatic carbocycles. The Hall–Kier alpha value is -3.13. The minimum atomic E-state index is -0.354. The molecule has 3 heterocycles. The number of nitrogens with one attached hydrogen (secondary N) is 1. The zero-order valence-electron chi connectivity index (χ0n) is 18.8. The van der Waals surface area contributed by atoms with Crippen LogP contribution in [0.25, 0.3) is 0 Å². The molecule has 0 radical (unpaired) electrons. The van der Waals surface area contributed by atoms with Gasteiger partial charge in [-0.15, -0.1) is 0 Å². The van der Waals surface area contributed by atoms with E-state index in [1.807, 2.05) is 17.0 Å². The maximum absolute atomic E-state index is 13.0. The first kappa shape index (κ1) is 22.1. The second-order valence-electron chi connectivity index (χ2n) is 8.56. The van der Waals surface area contributed by atoms with Gasteiger partial charge in [-0.1, -0.05) is 18.6 Å². The van der Waals surface area contributed by atoms with Crippen LogP contribution in [-0.4, -0.2) is 59.4 Å². The number of benzene rings is 1. The zero-order valence-corrected chi connectivity index (χ0v) is 18.8. The van der Waals surface area contributed by atoms with Gasteiger partial charge in [0.2, 0.25) is 5.91 Å². The number of likely N-dealkylation sites (tertiary alicyclic amines) is 1. The number of amides is 2. The van der Waals surface area contributed by atoms with Gasteiger partial charge in [0.1, 0.15) is 11.6 Å². The van der Waals surface area contributed by atoms with Crippen molar-refractivity contribution in [2.45, 2.75) is 45.2 Å². The van der Waals surface area contributed by atoms with E-state index in [1.54, 1.807) is 25.3 Å². The van der Waals surface area contributed by atoms with Crippen molar-refractivity contribution in [2.75, 3.05) is 37.8 Å². The lowest BCUT2D eigenvalue weighted by molar-refractivity contribution is -0.134. The number of rotatable bonds is 5. The first-order chi connectivity index (χ1) is 15.5. The molecule has 2 amide bonds. The van der Waals surface area contributed by atoms with Gasteiger partial charge >= 0.3 is 0 Å². The molecule has 1 aromatic carbocycles. The number of piperidine rings is 1. The van der Waals surface area contributed by atoms with Crippen LogP contribution in [0.4, 0.5) is 11.5 Å². The van der Waals surface area contributed by atoms with E-state index >= 15 is 0 Å². The lowest BCUT2D eigenvalue weighted by Gasteiger charge is -2.35. The van der Waals surface area contributed by atoms with E-state index < -0.39 is 0 Å². The van der Waals surface area contributed by atoms with E-state index in [0.717, 1.165) is 30.6 Å². The Morgan fingerprint density at radius 1 is 1.25 bits per heavy atom. The van der Waals surface area contributed by atoms with Gasteiger partial charge in [0, 0.05) is 31.2 Å². The summed E-state index contributed by atoms with van der Waals surface area (Å²) in [5.41, 5.74) is 8.70. The monoisotopic (exact) mass is 437 g/mol. The van der Waals surface area contributed by atoms with Crippen LogP contribution in [0.5, 0.6) is 5.75 Å². The average Bonchev–Trinajstić information content (AvgIpc) is 2.80. The number of hydrogen-bond acceptors (Lipinski definition) is 6. The number of nitrogens with two attached hydrogens (primary N) is 1. The minimum absolute atomic E-state index is 0.126. The van der Waals surface area contributed by atoms with Crippen molar-refractivity contribution in [3.05, 3.63) is 47.2 Å². The summed E-state index contributed by atoms with van der Waals surface area (Å²) >= 11 is 0. The number of para-hydroxylation sites is 2. The summed E-state index contributed by atoms with van der Waals surface area (Å²) in [7, 11) is 1.55. The molecule has 3 N–H and O–H groups in total. The topological polar surface area (TPSA) is 101 Å². The van der Waals surface area contributed by atoms with Crippen molar-refractivity contribution < 1.29 is 14.3 Å². The van der Waals surface area contributed by atoms with E-state index in [0.29, 0.717) is 49.1 Å². The van der Waals surface area contributed by atoms with E-state index in [1.165, 1.54) is 6.42 Å². The molecule has 1 aromatic heterocycles. The third-order valence-corrected chi connectivity index (χ3v) is 6.43. The van der Waals surface area contributed by atoms with Crippen molar-refractivity contribution in [2.24, 2.45) is 0 Å². The second kappa shape index (κ2) is 9.56. The third-order valence-electron chi connectivity index (χ3n) is 6.43. The Labute approximate surface area is 188 Å². The van der Waals surface area contributed by atoms with E-state index in [9.17, 15) is 9.59 Å². The van der Waals surface area contributed by atoms with Gasteiger partial charge in [0.15, 0.2) is 0 Å². The number of hydrogen-bond donors (Lipinski definition) is 2. The molecule has 4 rings (SSSR count). The predicted octanol–water partition coefficient (Wildman–Crippen LogP) is 2.68. The Balaban J connectivity index is 1.48. The van der Waals surface area contributed by atoms with Gasteiger partial charge in [-0.2, -0.15) is 0 Å². The predicted molar refractivity (Wildman–Crippen MR) is 124 cm³/mol. The summed E-state index contributed by atoms with van der Waals surface area (Å²) in [6, 6.07) is 9.40. The zero-order chi connectivity index (χ0) is 22.7. The highest BCUT2D eigenvalue weighted by molar-refractivity contribution is 6.08. The number of anilines is 2. The van der Waals surface area contributed by atoms with Crippen LogP contribution < -0.4 is 15.8 Å². The summed E-state index contributed by atoms with van der Waals surface area (Å²) in [6.45, 7) is 4.67. The maximum Gasteiger partial charge on any atom is 0.259 e. The molecular formula is C24H31N5O3. The van der Waals surface area contributed by atoms with Crippen LogP contribution in [0, 0.1) is 0 Å². The number of nitrogen functional groups attached to an aromatic ring is 1. The number of fused-ring (bicyclic) bond motifs is 1. The molecule has 2 aliphatic rings. The number of nitrogens with zero attached hydrogens (tertiary/aromatic N) is 3. The quantitative estimate of drug-likeness (QED) is 0.746. The molecule has 8 nitrogen and oxygen atoms in total. The Morgan fingerprint density at radius 3 is 2.84 bits per heavy atom. The fourth-order valence-corrected chi connectivity index (χ4v) is 4.49. The van der Waals surface area contributed by atoms with E-state index in [4.69, 9.17) is 10.5 Å². The molecule has 0 unspecified atom stereocenters. The number of pyridine rings is 1. The molecule has 2 aromatic rings. The van der Waals surface area contributed by atoms with Crippen LogP contribution in [0.2, 0.25) is 0 Å². The van der Waals surface area contributed by atoms with E-state index in [2.05, 4.69) is 22.1 Å². The summed E-state index contributed by atoms with van der Waals surface area (Å²) < 4.78 is 5.30. The average molecular weight is 438 g/mol. The Kier molecular flexibility index (Phi) is 6.60. The second-order valence-corrected chi connectivity index (χ2v) is 8.56. The smallest absolute Gasteiger partial charge is 0.259 e. The molecule has 170 valence electrons. The van der Waals surface area contributed by atoms with Gasteiger partial charge in [-0.05, 0) is 50.1 Å². The van der Waals surface area contributed by atoms with Crippen LogP contribution in [0.3, 0.4) is 0 Å². The van der Waals surface area contributed by atoms with Gasteiger partial charge in [-0.25, -0.2) is 4.98 Å². The van der Waals surface area contributed by atoms with Gasteiger partial charge in [-0.3, -0.25) is 14.5 Å². The molecule has 8 heteroatoms.